The molecule has 4 rings (SSSR count). The minimum Gasteiger partial charge on any atom is -0.478 e. The van der Waals surface area contributed by atoms with Crippen LogP contribution < -0.4 is 5.32 Å². The molecule has 98 valence electrons. The molecular formula is C14H19NO3. The number of aliphatic carboxylic acids is 1. The van der Waals surface area contributed by atoms with Gasteiger partial charge in [-0.15, -0.1) is 0 Å². The lowest BCUT2D eigenvalue weighted by molar-refractivity contribution is -0.131. The first-order valence-corrected chi connectivity index (χ1v) is 6.83. The van der Waals surface area contributed by atoms with Crippen LogP contribution in [0.25, 0.3) is 0 Å². The molecular weight excluding hydrogens is 230 g/mol. The van der Waals surface area contributed by atoms with Gasteiger partial charge >= 0.3 is 5.97 Å². The van der Waals surface area contributed by atoms with Crippen molar-refractivity contribution in [3.05, 3.63) is 12.2 Å². The first-order valence-electron chi connectivity index (χ1n) is 6.83. The van der Waals surface area contributed by atoms with E-state index in [2.05, 4.69) is 5.32 Å². The summed E-state index contributed by atoms with van der Waals surface area (Å²) >= 11 is 0. The lowest BCUT2D eigenvalue weighted by Gasteiger charge is -2.54. The summed E-state index contributed by atoms with van der Waals surface area (Å²) in [7, 11) is 0. The molecule has 1 amide bonds. The Bertz CT molecular complexity index is 374. The van der Waals surface area contributed by atoms with Crippen LogP contribution in [0.5, 0.6) is 0 Å². The van der Waals surface area contributed by atoms with E-state index in [1.807, 2.05) is 0 Å². The van der Waals surface area contributed by atoms with Gasteiger partial charge in [0.25, 0.3) is 0 Å². The Morgan fingerprint density at radius 3 is 2.00 bits per heavy atom. The van der Waals surface area contributed by atoms with E-state index in [9.17, 15) is 9.59 Å². The van der Waals surface area contributed by atoms with E-state index in [0.717, 1.165) is 24.0 Å². The van der Waals surface area contributed by atoms with Gasteiger partial charge in [0.15, 0.2) is 0 Å². The van der Waals surface area contributed by atoms with Gasteiger partial charge in [0, 0.05) is 18.2 Å². The molecule has 0 spiro atoms. The number of carbonyl (C=O) groups excluding carboxylic acids is 1. The number of hydrogen-bond donors (Lipinski definition) is 2. The minimum absolute atomic E-state index is 0.255. The quantitative estimate of drug-likeness (QED) is 0.746. The zero-order chi connectivity index (χ0) is 12.7. The zero-order valence-electron chi connectivity index (χ0n) is 10.3. The molecule has 0 aromatic rings. The molecule has 4 bridgehead atoms. The first kappa shape index (κ1) is 11.8. The fraction of sp³-hybridized carbons (Fsp3) is 0.714. The average Bonchev–Trinajstić information content (AvgIpc) is 2.30. The molecule has 4 fully saturated rings. The van der Waals surface area contributed by atoms with Gasteiger partial charge in [0.1, 0.15) is 0 Å². The Kier molecular flexibility index (Phi) is 2.88. The van der Waals surface area contributed by atoms with Gasteiger partial charge in [-0.05, 0) is 55.8 Å². The molecule has 4 nitrogen and oxygen atoms in total. The maximum atomic E-state index is 11.7. The Balaban J connectivity index is 1.63. The lowest BCUT2D eigenvalue weighted by atomic mass is 9.54. The Morgan fingerprint density at radius 1 is 0.944 bits per heavy atom. The van der Waals surface area contributed by atoms with Crippen LogP contribution in [0.1, 0.15) is 32.1 Å². The summed E-state index contributed by atoms with van der Waals surface area (Å²) in [5.41, 5.74) is 0. The molecule has 0 saturated heterocycles. The lowest BCUT2D eigenvalue weighted by Crippen LogP contribution is -2.55. The molecule has 4 saturated carbocycles. The molecule has 0 aliphatic heterocycles. The van der Waals surface area contributed by atoms with Crippen molar-refractivity contribution in [1.29, 1.82) is 0 Å². The highest BCUT2D eigenvalue weighted by Crippen LogP contribution is 2.53. The Hall–Kier alpha value is -1.32. The van der Waals surface area contributed by atoms with Crippen molar-refractivity contribution in [3.63, 3.8) is 0 Å². The van der Waals surface area contributed by atoms with Crippen LogP contribution in [0.3, 0.4) is 0 Å². The molecule has 0 aromatic heterocycles. The second-order valence-electron chi connectivity index (χ2n) is 6.14. The predicted octanol–water partition coefficient (Wildman–Crippen LogP) is 1.57. The molecule has 4 aliphatic rings. The minimum atomic E-state index is -1.07. The fourth-order valence-corrected chi connectivity index (χ4v) is 4.52. The molecule has 0 atom stereocenters. The van der Waals surface area contributed by atoms with Crippen LogP contribution in [0.2, 0.25) is 0 Å². The molecule has 4 aliphatic carbocycles. The van der Waals surface area contributed by atoms with E-state index >= 15 is 0 Å². The first-order chi connectivity index (χ1) is 8.61. The second kappa shape index (κ2) is 4.41. The molecule has 0 heterocycles. The van der Waals surface area contributed by atoms with Gasteiger partial charge in [-0.25, -0.2) is 4.79 Å². The number of carboxylic acids is 1. The fourth-order valence-electron chi connectivity index (χ4n) is 4.52. The van der Waals surface area contributed by atoms with Crippen molar-refractivity contribution in [2.75, 3.05) is 0 Å². The molecule has 0 radical (unpaired) electrons. The van der Waals surface area contributed by atoms with Crippen molar-refractivity contribution in [1.82, 2.24) is 5.32 Å². The van der Waals surface area contributed by atoms with Crippen LogP contribution >= 0.6 is 0 Å². The third-order valence-electron chi connectivity index (χ3n) is 4.91. The van der Waals surface area contributed by atoms with Crippen molar-refractivity contribution in [2.45, 2.75) is 38.1 Å². The van der Waals surface area contributed by atoms with Gasteiger partial charge in [-0.2, -0.15) is 0 Å². The van der Waals surface area contributed by atoms with E-state index in [1.165, 1.54) is 32.1 Å². The number of carboxylic acid groups (broad SMARTS) is 1. The Labute approximate surface area is 106 Å². The third kappa shape index (κ3) is 2.16. The van der Waals surface area contributed by atoms with Gasteiger partial charge < -0.3 is 10.4 Å². The summed E-state index contributed by atoms with van der Waals surface area (Å²) in [5.74, 6) is 1.70. The summed E-state index contributed by atoms with van der Waals surface area (Å²) in [6.45, 7) is 0. The second-order valence-corrected chi connectivity index (χ2v) is 6.14. The van der Waals surface area contributed by atoms with E-state index < -0.39 is 5.97 Å². The van der Waals surface area contributed by atoms with E-state index in [-0.39, 0.29) is 11.9 Å². The SMILES string of the molecule is O=C(O)/C=C/C(=O)NC1C2CC3CC(C2)CC1C3. The van der Waals surface area contributed by atoms with Crippen molar-refractivity contribution < 1.29 is 14.7 Å². The molecule has 18 heavy (non-hydrogen) atoms. The summed E-state index contributed by atoms with van der Waals surface area (Å²) in [6, 6.07) is 0.281. The van der Waals surface area contributed by atoms with Gasteiger partial charge in [0.05, 0.1) is 0 Å². The number of rotatable bonds is 3. The molecule has 0 unspecified atom stereocenters. The van der Waals surface area contributed by atoms with Crippen LogP contribution in [-0.4, -0.2) is 23.0 Å². The number of amides is 1. The summed E-state index contributed by atoms with van der Waals surface area (Å²) in [5, 5.41) is 11.5. The van der Waals surface area contributed by atoms with Gasteiger partial charge in [-0.1, -0.05) is 0 Å². The smallest absolute Gasteiger partial charge is 0.328 e. The van der Waals surface area contributed by atoms with E-state index in [1.54, 1.807) is 0 Å². The topological polar surface area (TPSA) is 66.4 Å². The molecule has 4 heteroatoms. The van der Waals surface area contributed by atoms with Crippen molar-refractivity contribution in [3.8, 4) is 0 Å². The Morgan fingerprint density at radius 2 is 1.50 bits per heavy atom. The summed E-state index contributed by atoms with van der Waals surface area (Å²) in [4.78, 5) is 22.1. The summed E-state index contributed by atoms with van der Waals surface area (Å²) in [6.07, 6.45) is 8.44. The van der Waals surface area contributed by atoms with Gasteiger partial charge in [0.2, 0.25) is 5.91 Å². The third-order valence-corrected chi connectivity index (χ3v) is 4.91. The highest BCUT2D eigenvalue weighted by atomic mass is 16.4. The van der Waals surface area contributed by atoms with Gasteiger partial charge in [-0.3, -0.25) is 4.79 Å². The maximum Gasteiger partial charge on any atom is 0.328 e. The van der Waals surface area contributed by atoms with Crippen LogP contribution in [0, 0.1) is 23.7 Å². The highest BCUT2D eigenvalue weighted by Gasteiger charge is 2.48. The normalized spacial score (nSPS) is 41.2. The average molecular weight is 249 g/mol. The summed E-state index contributed by atoms with van der Waals surface area (Å²) < 4.78 is 0. The number of carbonyl (C=O) groups is 2. The maximum absolute atomic E-state index is 11.7. The molecule has 0 aromatic carbocycles. The van der Waals surface area contributed by atoms with Crippen molar-refractivity contribution in [2.24, 2.45) is 23.7 Å². The van der Waals surface area contributed by atoms with E-state index in [0.29, 0.717) is 11.8 Å². The molecule has 2 N–H and O–H groups in total. The zero-order valence-corrected chi connectivity index (χ0v) is 10.3. The van der Waals surface area contributed by atoms with Crippen LogP contribution in [0.4, 0.5) is 0 Å². The predicted molar refractivity (Wildman–Crippen MR) is 65.8 cm³/mol. The van der Waals surface area contributed by atoms with Crippen LogP contribution in [-0.2, 0) is 9.59 Å². The monoisotopic (exact) mass is 249 g/mol. The highest BCUT2D eigenvalue weighted by molar-refractivity contribution is 5.94. The van der Waals surface area contributed by atoms with Crippen molar-refractivity contribution >= 4 is 11.9 Å². The standard InChI is InChI=1S/C14H19NO3/c16-12(1-2-13(17)18)15-14-10-4-8-3-9(6-10)7-11(14)5-8/h1-2,8-11,14H,3-7H2,(H,15,16)(H,17,18)/b2-1+. The number of hydrogen-bond acceptors (Lipinski definition) is 2. The van der Waals surface area contributed by atoms with Crippen LogP contribution in [0.15, 0.2) is 12.2 Å². The van der Waals surface area contributed by atoms with E-state index in [4.69, 9.17) is 5.11 Å². The number of nitrogens with one attached hydrogen (secondary N) is 1. The largest absolute Gasteiger partial charge is 0.478 e.